The van der Waals surface area contributed by atoms with Crippen molar-refractivity contribution in [2.45, 2.75) is 19.4 Å². The van der Waals surface area contributed by atoms with Gasteiger partial charge < -0.3 is 19.5 Å². The molecule has 0 bridgehead atoms. The number of hydrogen-bond donors (Lipinski definition) is 1. The van der Waals surface area contributed by atoms with Crippen LogP contribution >= 0.6 is 11.3 Å². The van der Waals surface area contributed by atoms with Crippen molar-refractivity contribution in [2.24, 2.45) is 0 Å². The normalized spacial score (nSPS) is 16.8. The molecule has 3 rings (SSSR count). The molecule has 0 spiro atoms. The smallest absolute Gasteiger partial charge is 0.203 e. The molecule has 1 aromatic heterocycles. The van der Waals surface area contributed by atoms with E-state index < -0.39 is 0 Å². The second-order valence-corrected chi connectivity index (χ2v) is 7.42. The summed E-state index contributed by atoms with van der Waals surface area (Å²) in [5.41, 5.74) is 2.50. The first-order valence-corrected chi connectivity index (χ1v) is 9.86. The Morgan fingerprint density at radius 2 is 1.77 bits per heavy atom. The Balaban J connectivity index is 2.11. The van der Waals surface area contributed by atoms with Crippen LogP contribution in [0.25, 0.3) is 0 Å². The highest BCUT2D eigenvalue weighted by Crippen LogP contribution is 2.43. The molecular formula is C20H28N2O3S. The van der Waals surface area contributed by atoms with Crippen LogP contribution in [0.1, 0.15) is 28.5 Å². The molecule has 1 fully saturated rings. The lowest BCUT2D eigenvalue weighted by Crippen LogP contribution is -2.33. The molecule has 0 aliphatic carbocycles. The lowest BCUT2D eigenvalue weighted by atomic mass is 9.99. The molecule has 1 saturated heterocycles. The molecule has 142 valence electrons. The largest absolute Gasteiger partial charge is 0.493 e. The van der Waals surface area contributed by atoms with Crippen molar-refractivity contribution < 1.29 is 14.2 Å². The molecule has 1 unspecified atom stereocenters. The maximum atomic E-state index is 5.60. The fourth-order valence-electron chi connectivity index (χ4n) is 3.58. The standard InChI is InChI=1S/C20H28N2O3S/c1-14-6-11-26-20(14)18(22-9-5-7-21-8-10-22)15-12-16(23-2)19(25-4)17(13-15)24-3/h6,11-13,18,21H,5,7-10H2,1-4H3. The summed E-state index contributed by atoms with van der Waals surface area (Å²) in [6, 6.07) is 6.55. The third kappa shape index (κ3) is 3.82. The van der Waals surface area contributed by atoms with Gasteiger partial charge in [0, 0.05) is 24.5 Å². The van der Waals surface area contributed by atoms with E-state index in [1.807, 2.05) is 11.3 Å². The highest BCUT2D eigenvalue weighted by atomic mass is 32.1. The van der Waals surface area contributed by atoms with E-state index in [-0.39, 0.29) is 6.04 Å². The monoisotopic (exact) mass is 376 g/mol. The minimum atomic E-state index is 0.184. The third-order valence-corrected chi connectivity index (χ3v) is 5.96. The van der Waals surface area contributed by atoms with Gasteiger partial charge in [0.15, 0.2) is 11.5 Å². The van der Waals surface area contributed by atoms with Crippen LogP contribution in [0.15, 0.2) is 23.6 Å². The first kappa shape index (κ1) is 19.0. The Kier molecular flexibility index (Phi) is 6.40. The Morgan fingerprint density at radius 3 is 2.35 bits per heavy atom. The van der Waals surface area contributed by atoms with Crippen molar-refractivity contribution in [1.82, 2.24) is 10.2 Å². The topological polar surface area (TPSA) is 43.0 Å². The van der Waals surface area contributed by atoms with Crippen LogP contribution < -0.4 is 19.5 Å². The zero-order valence-electron chi connectivity index (χ0n) is 16.0. The average molecular weight is 377 g/mol. The van der Waals surface area contributed by atoms with Crippen LogP contribution in [-0.4, -0.2) is 52.4 Å². The van der Waals surface area contributed by atoms with Crippen molar-refractivity contribution in [2.75, 3.05) is 47.5 Å². The number of thiophene rings is 1. The molecule has 1 aliphatic rings. The fraction of sp³-hybridized carbons (Fsp3) is 0.500. The fourth-order valence-corrected chi connectivity index (χ4v) is 4.66. The lowest BCUT2D eigenvalue weighted by Gasteiger charge is -2.31. The molecule has 6 heteroatoms. The van der Waals surface area contributed by atoms with Crippen LogP contribution in [-0.2, 0) is 0 Å². The molecule has 1 N–H and O–H groups in total. The van der Waals surface area contributed by atoms with E-state index in [4.69, 9.17) is 14.2 Å². The minimum absolute atomic E-state index is 0.184. The molecule has 1 aromatic carbocycles. The van der Waals surface area contributed by atoms with E-state index in [9.17, 15) is 0 Å². The summed E-state index contributed by atoms with van der Waals surface area (Å²) in [6.07, 6.45) is 1.14. The maximum absolute atomic E-state index is 5.60. The SMILES string of the molecule is COc1cc(C(c2sccc2C)N2CCCNCC2)cc(OC)c1OC. The number of methoxy groups -OCH3 is 3. The number of hydrogen-bond acceptors (Lipinski definition) is 6. The van der Waals surface area contributed by atoms with Crippen LogP contribution in [0.3, 0.4) is 0 Å². The predicted octanol–water partition coefficient (Wildman–Crippen LogP) is 3.47. The Hall–Kier alpha value is -1.76. The average Bonchev–Trinajstić information content (AvgIpc) is 2.91. The van der Waals surface area contributed by atoms with Crippen molar-refractivity contribution in [1.29, 1.82) is 0 Å². The predicted molar refractivity (Wildman–Crippen MR) is 106 cm³/mol. The molecule has 0 saturated carbocycles. The van der Waals surface area contributed by atoms with Crippen LogP contribution in [0.2, 0.25) is 0 Å². The zero-order chi connectivity index (χ0) is 18.5. The summed E-state index contributed by atoms with van der Waals surface area (Å²) in [5.74, 6) is 2.04. The van der Waals surface area contributed by atoms with E-state index in [0.29, 0.717) is 17.2 Å². The molecular weight excluding hydrogens is 348 g/mol. The molecule has 1 aliphatic heterocycles. The number of nitrogens with one attached hydrogen (secondary N) is 1. The van der Waals surface area contributed by atoms with Gasteiger partial charge in [0.1, 0.15) is 0 Å². The molecule has 26 heavy (non-hydrogen) atoms. The molecule has 1 atom stereocenters. The Labute approximate surface area is 159 Å². The first-order chi connectivity index (χ1) is 12.7. The summed E-state index contributed by atoms with van der Waals surface area (Å²) in [7, 11) is 4.98. The second-order valence-electron chi connectivity index (χ2n) is 6.47. The number of aryl methyl sites for hydroxylation is 1. The summed E-state index contributed by atoms with van der Waals surface area (Å²) < 4.78 is 16.7. The summed E-state index contributed by atoms with van der Waals surface area (Å²) >= 11 is 1.81. The van der Waals surface area contributed by atoms with Gasteiger partial charge in [-0.25, -0.2) is 0 Å². The van der Waals surface area contributed by atoms with E-state index in [1.54, 1.807) is 21.3 Å². The highest BCUT2D eigenvalue weighted by molar-refractivity contribution is 7.10. The summed E-state index contributed by atoms with van der Waals surface area (Å²) in [6.45, 7) is 6.34. The maximum Gasteiger partial charge on any atom is 0.203 e. The number of ether oxygens (including phenoxy) is 3. The van der Waals surface area contributed by atoms with E-state index in [1.165, 1.54) is 16.0 Å². The van der Waals surface area contributed by atoms with E-state index >= 15 is 0 Å². The Bertz CT molecular complexity index is 699. The molecule has 5 nitrogen and oxygen atoms in total. The van der Waals surface area contributed by atoms with E-state index in [2.05, 4.69) is 40.7 Å². The molecule has 2 aromatic rings. The van der Waals surface area contributed by atoms with Gasteiger partial charge in [0.25, 0.3) is 0 Å². The van der Waals surface area contributed by atoms with Gasteiger partial charge in [-0.3, -0.25) is 4.90 Å². The van der Waals surface area contributed by atoms with Gasteiger partial charge >= 0.3 is 0 Å². The third-order valence-electron chi connectivity index (χ3n) is 4.89. The quantitative estimate of drug-likeness (QED) is 0.836. The van der Waals surface area contributed by atoms with Crippen molar-refractivity contribution in [3.63, 3.8) is 0 Å². The zero-order valence-corrected chi connectivity index (χ0v) is 16.8. The Morgan fingerprint density at radius 1 is 1.04 bits per heavy atom. The second kappa shape index (κ2) is 8.75. The van der Waals surface area contributed by atoms with Crippen LogP contribution in [0.5, 0.6) is 17.2 Å². The van der Waals surface area contributed by atoms with Gasteiger partial charge in [-0.1, -0.05) is 0 Å². The van der Waals surface area contributed by atoms with Gasteiger partial charge in [-0.05, 0) is 54.6 Å². The van der Waals surface area contributed by atoms with Gasteiger partial charge in [-0.2, -0.15) is 0 Å². The summed E-state index contributed by atoms with van der Waals surface area (Å²) in [5, 5.41) is 5.67. The number of rotatable bonds is 6. The van der Waals surface area contributed by atoms with Crippen molar-refractivity contribution in [3.05, 3.63) is 39.6 Å². The van der Waals surface area contributed by atoms with Crippen molar-refractivity contribution in [3.8, 4) is 17.2 Å². The van der Waals surface area contributed by atoms with Gasteiger partial charge in [-0.15, -0.1) is 11.3 Å². The highest BCUT2D eigenvalue weighted by Gasteiger charge is 2.28. The van der Waals surface area contributed by atoms with Gasteiger partial charge in [0.05, 0.1) is 27.4 Å². The number of benzene rings is 1. The van der Waals surface area contributed by atoms with Crippen molar-refractivity contribution >= 4 is 11.3 Å². The van der Waals surface area contributed by atoms with Crippen LogP contribution in [0, 0.1) is 6.92 Å². The summed E-state index contributed by atoms with van der Waals surface area (Å²) in [4.78, 5) is 3.93. The molecule has 0 amide bonds. The first-order valence-electron chi connectivity index (χ1n) is 8.98. The van der Waals surface area contributed by atoms with E-state index in [0.717, 1.165) is 32.6 Å². The number of nitrogens with zero attached hydrogens (tertiary/aromatic N) is 1. The van der Waals surface area contributed by atoms with Crippen LogP contribution in [0.4, 0.5) is 0 Å². The molecule has 0 radical (unpaired) electrons. The lowest BCUT2D eigenvalue weighted by molar-refractivity contribution is 0.241. The molecule has 2 heterocycles. The van der Waals surface area contributed by atoms with Gasteiger partial charge in [0.2, 0.25) is 5.75 Å². The minimum Gasteiger partial charge on any atom is -0.493 e.